The molecule has 3 aliphatic rings. The normalized spacial score (nSPS) is 35.5. The van der Waals surface area contributed by atoms with Crippen molar-refractivity contribution in [3.8, 4) is 5.97 Å². The molecule has 0 aromatic heterocycles. The average Bonchev–Trinajstić information content (AvgIpc) is 3.15. The first kappa shape index (κ1) is 20.8. The number of nitrogens with one attached hydrogen (secondary N) is 1. The summed E-state index contributed by atoms with van der Waals surface area (Å²) in [6.45, 7) is 8.19. The van der Waals surface area contributed by atoms with Gasteiger partial charge in [0.25, 0.3) is 0 Å². The number of ether oxygens (including phenoxy) is 5. The SMILES string of the molecule is CC1(C)O[C@H]2[C@@H](O1)[C@@H](C[NH+]([B-]C#N)OCc1ccccc1)O[C@@H]1OC(C)(C)O[C@@H]12. The van der Waals surface area contributed by atoms with Crippen molar-refractivity contribution in [2.45, 2.75) is 76.6 Å². The number of quaternary nitrogens is 1. The molecular weight excluding hydrogens is 375 g/mol. The lowest BCUT2D eigenvalue weighted by atomic mass is 9.94. The molecule has 3 fully saturated rings. The van der Waals surface area contributed by atoms with Crippen LogP contribution in [-0.2, 0) is 35.1 Å². The molecule has 1 aromatic rings. The van der Waals surface area contributed by atoms with Crippen molar-refractivity contribution in [3.05, 3.63) is 35.9 Å². The Morgan fingerprint density at radius 2 is 1.66 bits per heavy atom. The van der Waals surface area contributed by atoms with Crippen molar-refractivity contribution >= 4 is 7.41 Å². The van der Waals surface area contributed by atoms with Gasteiger partial charge in [0.2, 0.25) is 0 Å². The zero-order valence-corrected chi connectivity index (χ0v) is 17.2. The molecule has 0 amide bonds. The fourth-order valence-corrected chi connectivity index (χ4v) is 4.04. The van der Waals surface area contributed by atoms with E-state index in [4.69, 9.17) is 28.5 Å². The Morgan fingerprint density at radius 1 is 1.00 bits per heavy atom. The molecule has 6 atom stereocenters. The van der Waals surface area contributed by atoms with E-state index >= 15 is 0 Å². The molecular formula is C20H27BN2O6. The van der Waals surface area contributed by atoms with Crippen LogP contribution in [0.1, 0.15) is 33.3 Å². The van der Waals surface area contributed by atoms with Gasteiger partial charge in [0.15, 0.2) is 25.3 Å². The molecule has 1 aromatic carbocycles. The van der Waals surface area contributed by atoms with Gasteiger partial charge in [-0.25, -0.2) is 5.26 Å². The largest absolute Gasteiger partial charge is 0.402 e. The number of nitriles is 1. The molecule has 0 spiro atoms. The van der Waals surface area contributed by atoms with Gasteiger partial charge in [-0.15, -0.1) is 5.97 Å². The third-order valence-corrected chi connectivity index (χ3v) is 5.15. The van der Waals surface area contributed by atoms with Crippen LogP contribution >= 0.6 is 0 Å². The van der Waals surface area contributed by atoms with Crippen LogP contribution < -0.4 is 4.97 Å². The molecule has 1 unspecified atom stereocenters. The molecule has 3 saturated heterocycles. The van der Waals surface area contributed by atoms with Crippen LogP contribution in [0.2, 0.25) is 0 Å². The quantitative estimate of drug-likeness (QED) is 0.548. The second kappa shape index (κ2) is 7.97. The summed E-state index contributed by atoms with van der Waals surface area (Å²) in [7, 11) is 1.41. The number of hydrogen-bond acceptors (Lipinski definition) is 7. The van der Waals surface area contributed by atoms with Gasteiger partial charge in [-0.2, -0.15) is 0 Å². The molecule has 8 nitrogen and oxygen atoms in total. The molecule has 0 saturated carbocycles. The molecule has 29 heavy (non-hydrogen) atoms. The van der Waals surface area contributed by atoms with Gasteiger partial charge in [0.1, 0.15) is 31.0 Å². The van der Waals surface area contributed by atoms with Gasteiger partial charge in [0.05, 0.1) is 6.54 Å². The summed E-state index contributed by atoms with van der Waals surface area (Å²) >= 11 is 0. The smallest absolute Gasteiger partial charge is 0.190 e. The first-order valence-corrected chi connectivity index (χ1v) is 9.88. The minimum atomic E-state index is -0.764. The fraction of sp³-hybridized carbons (Fsp3) is 0.650. The van der Waals surface area contributed by atoms with Gasteiger partial charge in [-0.1, -0.05) is 30.3 Å². The molecule has 1 N–H and O–H groups in total. The second-order valence-corrected chi connectivity index (χ2v) is 8.43. The zero-order chi connectivity index (χ0) is 20.6. The van der Waals surface area contributed by atoms with Crippen LogP contribution in [0, 0.1) is 11.2 Å². The van der Waals surface area contributed by atoms with E-state index in [2.05, 4.69) is 5.97 Å². The number of benzene rings is 1. The Kier molecular flexibility index (Phi) is 5.70. The lowest BCUT2D eigenvalue weighted by Gasteiger charge is -2.39. The van der Waals surface area contributed by atoms with Crippen LogP contribution in [0.5, 0.6) is 0 Å². The van der Waals surface area contributed by atoms with Gasteiger partial charge in [0, 0.05) is 0 Å². The van der Waals surface area contributed by atoms with Crippen molar-refractivity contribution in [1.29, 1.82) is 5.26 Å². The summed E-state index contributed by atoms with van der Waals surface area (Å²) in [5.74, 6) is 0.536. The third kappa shape index (κ3) is 4.65. The standard InChI is InChI=1S/C20H27BN2O6/c1-19(2)26-15-14(25-18-17(16(15)27-19)28-20(3,4)29-18)10-23(21-12-22)24-11-13-8-6-5-7-9-13/h5-9,14-18,23H,10-11H2,1-4H3/t14-,15+,16+,17-,18-/m1/s1. The zero-order valence-electron chi connectivity index (χ0n) is 17.2. The van der Waals surface area contributed by atoms with E-state index in [1.165, 1.54) is 7.41 Å². The highest BCUT2D eigenvalue weighted by atomic mass is 16.9. The first-order chi connectivity index (χ1) is 13.8. The number of hydroxylamine groups is 1. The van der Waals surface area contributed by atoms with Crippen molar-refractivity contribution < 1.29 is 33.5 Å². The number of nitrogens with zero attached hydrogens (tertiary/aromatic N) is 1. The summed E-state index contributed by atoms with van der Waals surface area (Å²) < 4.78 is 30.4. The minimum absolute atomic E-state index is 0.326. The first-order valence-electron chi connectivity index (χ1n) is 9.88. The molecule has 156 valence electrons. The monoisotopic (exact) mass is 402 g/mol. The Hall–Kier alpha value is -1.51. The Balaban J connectivity index is 1.47. The maximum Gasteiger partial charge on any atom is 0.190 e. The molecule has 9 heteroatoms. The van der Waals surface area contributed by atoms with Gasteiger partial charge < -0.3 is 28.7 Å². The number of hydrogen-bond donors (Lipinski definition) is 1. The highest BCUT2D eigenvalue weighted by Gasteiger charge is 2.61. The summed E-state index contributed by atoms with van der Waals surface area (Å²) in [5.41, 5.74) is 1.02. The molecule has 4 rings (SSSR count). The fourth-order valence-electron chi connectivity index (χ4n) is 4.04. The third-order valence-electron chi connectivity index (χ3n) is 5.15. The van der Waals surface area contributed by atoms with E-state index in [1.54, 1.807) is 0 Å². The molecule has 2 radical (unpaired) electrons. The Bertz CT molecular complexity index is 755. The van der Waals surface area contributed by atoms with Crippen molar-refractivity contribution in [2.24, 2.45) is 0 Å². The van der Waals surface area contributed by atoms with Gasteiger partial charge >= 0.3 is 0 Å². The minimum Gasteiger partial charge on any atom is -0.402 e. The highest BCUT2D eigenvalue weighted by Crippen LogP contribution is 2.43. The van der Waals surface area contributed by atoms with E-state index < -0.39 is 24.0 Å². The van der Waals surface area contributed by atoms with Crippen LogP contribution in [0.25, 0.3) is 0 Å². The van der Waals surface area contributed by atoms with Crippen molar-refractivity contribution in [1.82, 2.24) is 0 Å². The molecule has 0 bridgehead atoms. The number of fused-ring (bicyclic) bond motifs is 3. The van der Waals surface area contributed by atoms with E-state index in [1.807, 2.05) is 58.0 Å². The summed E-state index contributed by atoms with van der Waals surface area (Å²) in [4.78, 5) is 6.45. The van der Waals surface area contributed by atoms with Crippen LogP contribution in [0.15, 0.2) is 30.3 Å². The predicted molar refractivity (Wildman–Crippen MR) is 101 cm³/mol. The summed E-state index contributed by atoms with van der Waals surface area (Å²) in [6, 6.07) is 9.80. The summed E-state index contributed by atoms with van der Waals surface area (Å²) in [5, 5.41) is 9.20. The van der Waals surface area contributed by atoms with Gasteiger partial charge in [-0.3, -0.25) is 4.84 Å². The van der Waals surface area contributed by atoms with E-state index in [0.29, 0.717) is 18.1 Å². The van der Waals surface area contributed by atoms with Crippen LogP contribution in [0.3, 0.4) is 0 Å². The Morgan fingerprint density at radius 3 is 2.38 bits per heavy atom. The van der Waals surface area contributed by atoms with E-state index in [9.17, 15) is 5.26 Å². The summed E-state index contributed by atoms with van der Waals surface area (Å²) in [6.07, 6.45) is -2.01. The van der Waals surface area contributed by atoms with Crippen LogP contribution in [-0.4, -0.2) is 56.2 Å². The highest BCUT2D eigenvalue weighted by molar-refractivity contribution is 6.35. The Labute approximate surface area is 171 Å². The maximum atomic E-state index is 9.20. The maximum absolute atomic E-state index is 9.20. The van der Waals surface area contributed by atoms with Gasteiger partial charge in [-0.05, 0) is 33.3 Å². The van der Waals surface area contributed by atoms with E-state index in [-0.39, 0.29) is 18.3 Å². The lowest BCUT2D eigenvalue weighted by Crippen LogP contribution is -3.14. The lowest BCUT2D eigenvalue weighted by molar-refractivity contribution is -1.01. The van der Waals surface area contributed by atoms with E-state index in [0.717, 1.165) is 5.56 Å². The van der Waals surface area contributed by atoms with Crippen molar-refractivity contribution in [2.75, 3.05) is 6.54 Å². The topological polar surface area (TPSA) is 83.6 Å². The average molecular weight is 402 g/mol. The number of rotatable bonds is 6. The predicted octanol–water partition coefficient (Wildman–Crippen LogP) is 0.500. The van der Waals surface area contributed by atoms with Crippen LogP contribution in [0.4, 0.5) is 0 Å². The molecule has 3 aliphatic heterocycles. The molecule has 3 heterocycles. The molecule has 0 aliphatic carbocycles. The second-order valence-electron chi connectivity index (χ2n) is 8.43. The van der Waals surface area contributed by atoms with Crippen molar-refractivity contribution in [3.63, 3.8) is 0 Å².